The van der Waals surface area contributed by atoms with Crippen LogP contribution in [0.15, 0.2) is 41.3 Å². The summed E-state index contributed by atoms with van der Waals surface area (Å²) in [5.74, 6) is -0.339. The fraction of sp³-hybridized carbons (Fsp3) is 0.409. The molecule has 1 saturated heterocycles. The van der Waals surface area contributed by atoms with Crippen LogP contribution < -0.4 is 10.2 Å². The van der Waals surface area contributed by atoms with Gasteiger partial charge < -0.3 is 10.2 Å². The average Bonchev–Trinajstić information content (AvgIpc) is 3.21. The van der Waals surface area contributed by atoms with Gasteiger partial charge in [0.2, 0.25) is 10.0 Å². The van der Waals surface area contributed by atoms with Crippen molar-refractivity contribution < 1.29 is 13.2 Å². The zero-order valence-corrected chi connectivity index (χ0v) is 19.4. The molecule has 1 fully saturated rings. The SMILES string of the molecule is CCn1nnc2cc(C(=O)Nc3cc(S(=O)(=O)N4CCCCC4)ccc3N(C)C)ccc21. The first-order valence-electron chi connectivity index (χ1n) is 10.8. The van der Waals surface area contributed by atoms with Gasteiger partial charge in [-0.1, -0.05) is 11.6 Å². The summed E-state index contributed by atoms with van der Waals surface area (Å²) in [4.78, 5) is 15.0. The molecular formula is C22H28N6O3S. The van der Waals surface area contributed by atoms with Crippen molar-refractivity contribution in [3.05, 3.63) is 42.0 Å². The van der Waals surface area contributed by atoms with E-state index >= 15 is 0 Å². The van der Waals surface area contributed by atoms with Gasteiger partial charge in [-0.05, 0) is 56.2 Å². The lowest BCUT2D eigenvalue weighted by molar-refractivity contribution is 0.102. The highest BCUT2D eigenvalue weighted by Gasteiger charge is 2.27. The van der Waals surface area contributed by atoms with Crippen LogP contribution in [-0.4, -0.2) is 60.8 Å². The molecule has 0 atom stereocenters. The number of nitrogens with one attached hydrogen (secondary N) is 1. The van der Waals surface area contributed by atoms with Crippen molar-refractivity contribution in [2.45, 2.75) is 37.6 Å². The molecule has 3 aromatic rings. The van der Waals surface area contributed by atoms with Crippen LogP contribution in [0.2, 0.25) is 0 Å². The molecule has 9 nitrogen and oxygen atoms in total. The average molecular weight is 457 g/mol. The first-order chi connectivity index (χ1) is 15.3. The number of fused-ring (bicyclic) bond motifs is 1. The van der Waals surface area contributed by atoms with Crippen LogP contribution >= 0.6 is 0 Å². The molecule has 0 saturated carbocycles. The number of anilines is 2. The Labute approximate surface area is 188 Å². The molecule has 0 radical (unpaired) electrons. The lowest BCUT2D eigenvalue weighted by Gasteiger charge is -2.26. The molecule has 1 amide bonds. The minimum absolute atomic E-state index is 0.182. The van der Waals surface area contributed by atoms with Gasteiger partial charge in [-0.3, -0.25) is 4.79 Å². The molecule has 170 valence electrons. The Balaban J connectivity index is 1.65. The molecule has 2 aromatic carbocycles. The van der Waals surface area contributed by atoms with Gasteiger partial charge in [0.1, 0.15) is 5.52 Å². The smallest absolute Gasteiger partial charge is 0.255 e. The number of hydrogen-bond donors (Lipinski definition) is 1. The summed E-state index contributed by atoms with van der Waals surface area (Å²) in [6.45, 7) is 3.71. The Kier molecular flexibility index (Phi) is 6.16. The summed E-state index contributed by atoms with van der Waals surface area (Å²) >= 11 is 0. The van der Waals surface area contributed by atoms with Crippen molar-refractivity contribution in [3.8, 4) is 0 Å². The van der Waals surface area contributed by atoms with E-state index in [1.165, 1.54) is 4.31 Å². The monoisotopic (exact) mass is 456 g/mol. The largest absolute Gasteiger partial charge is 0.376 e. The van der Waals surface area contributed by atoms with Gasteiger partial charge in [-0.2, -0.15) is 4.31 Å². The molecule has 1 aromatic heterocycles. The number of amides is 1. The second-order valence-electron chi connectivity index (χ2n) is 8.10. The van der Waals surface area contributed by atoms with Crippen LogP contribution in [0, 0.1) is 0 Å². The molecule has 0 unspecified atom stereocenters. The van der Waals surface area contributed by atoms with Gasteiger partial charge in [0.15, 0.2) is 0 Å². The molecule has 1 N–H and O–H groups in total. The normalized spacial score (nSPS) is 15.1. The van der Waals surface area contributed by atoms with Crippen LogP contribution in [0.25, 0.3) is 11.0 Å². The maximum atomic E-state index is 13.1. The Bertz CT molecular complexity index is 1250. The van der Waals surface area contributed by atoms with Gasteiger partial charge in [0, 0.05) is 39.3 Å². The van der Waals surface area contributed by atoms with Crippen LogP contribution in [0.5, 0.6) is 0 Å². The third kappa shape index (κ3) is 4.20. The summed E-state index contributed by atoms with van der Waals surface area (Å²) in [6, 6.07) is 10.1. The lowest BCUT2D eigenvalue weighted by Crippen LogP contribution is -2.35. The van der Waals surface area contributed by atoms with E-state index in [1.807, 2.05) is 32.0 Å². The minimum Gasteiger partial charge on any atom is -0.376 e. The van der Waals surface area contributed by atoms with Gasteiger partial charge in [0.05, 0.1) is 21.8 Å². The molecular weight excluding hydrogens is 428 g/mol. The van der Waals surface area contributed by atoms with E-state index in [1.54, 1.807) is 35.0 Å². The Morgan fingerprint density at radius 3 is 2.53 bits per heavy atom. The van der Waals surface area contributed by atoms with Crippen molar-refractivity contribution >= 4 is 38.3 Å². The minimum atomic E-state index is -3.61. The zero-order chi connectivity index (χ0) is 22.9. The van der Waals surface area contributed by atoms with Gasteiger partial charge in [-0.25, -0.2) is 13.1 Å². The molecule has 4 rings (SSSR count). The van der Waals surface area contributed by atoms with Gasteiger partial charge in [0.25, 0.3) is 5.91 Å². The standard InChI is InChI=1S/C22H28N6O3S/c1-4-28-21-10-8-16(14-19(21)24-25-28)22(29)23-18-15-17(9-11-20(18)26(2)3)32(30,31)27-12-6-5-7-13-27/h8-11,14-15H,4-7,12-13H2,1-3H3,(H,23,29). The van der Waals surface area contributed by atoms with Crippen molar-refractivity contribution in [1.82, 2.24) is 19.3 Å². The third-order valence-electron chi connectivity index (χ3n) is 5.73. The van der Waals surface area contributed by atoms with E-state index in [0.717, 1.165) is 24.8 Å². The zero-order valence-electron chi connectivity index (χ0n) is 18.6. The number of sulfonamides is 1. The summed E-state index contributed by atoms with van der Waals surface area (Å²) in [5.41, 5.74) is 3.07. The van der Waals surface area contributed by atoms with E-state index in [2.05, 4.69) is 15.6 Å². The predicted octanol–water partition coefficient (Wildman–Crippen LogP) is 2.94. The summed E-state index contributed by atoms with van der Waals surface area (Å²) < 4.78 is 29.6. The highest BCUT2D eigenvalue weighted by molar-refractivity contribution is 7.89. The first kappa shape index (κ1) is 22.2. The number of nitrogens with zero attached hydrogens (tertiary/aromatic N) is 5. The number of aryl methyl sites for hydroxylation is 1. The lowest BCUT2D eigenvalue weighted by atomic mass is 10.1. The Morgan fingerprint density at radius 1 is 1.09 bits per heavy atom. The number of carbonyl (C=O) groups excluding carboxylic acids is 1. The second-order valence-corrected chi connectivity index (χ2v) is 10.0. The van der Waals surface area contributed by atoms with Crippen molar-refractivity contribution in [1.29, 1.82) is 0 Å². The maximum Gasteiger partial charge on any atom is 0.255 e. The number of carbonyl (C=O) groups is 1. The Morgan fingerprint density at radius 2 is 1.84 bits per heavy atom. The van der Waals surface area contributed by atoms with Gasteiger partial charge >= 0.3 is 0 Å². The van der Waals surface area contributed by atoms with Crippen LogP contribution in [0.3, 0.4) is 0 Å². The van der Waals surface area contributed by atoms with E-state index < -0.39 is 10.0 Å². The second kappa shape index (κ2) is 8.87. The van der Waals surface area contributed by atoms with E-state index in [4.69, 9.17) is 0 Å². The molecule has 2 heterocycles. The maximum absolute atomic E-state index is 13.1. The Hall–Kier alpha value is -2.98. The quantitative estimate of drug-likeness (QED) is 0.612. The van der Waals surface area contributed by atoms with E-state index in [9.17, 15) is 13.2 Å². The van der Waals surface area contributed by atoms with Crippen LogP contribution in [-0.2, 0) is 16.6 Å². The fourth-order valence-electron chi connectivity index (χ4n) is 3.96. The summed E-state index contributed by atoms with van der Waals surface area (Å²) in [6.07, 6.45) is 2.77. The molecule has 32 heavy (non-hydrogen) atoms. The predicted molar refractivity (Wildman–Crippen MR) is 125 cm³/mol. The number of piperidine rings is 1. The topological polar surface area (TPSA) is 100 Å². The number of aromatic nitrogens is 3. The van der Waals surface area contributed by atoms with Crippen molar-refractivity contribution in [2.24, 2.45) is 0 Å². The third-order valence-corrected chi connectivity index (χ3v) is 7.62. The molecule has 0 spiro atoms. The van der Waals surface area contributed by atoms with E-state index in [-0.39, 0.29) is 10.8 Å². The highest BCUT2D eigenvalue weighted by atomic mass is 32.2. The van der Waals surface area contributed by atoms with Crippen LogP contribution in [0.1, 0.15) is 36.5 Å². The summed E-state index contributed by atoms with van der Waals surface area (Å²) in [7, 11) is 0.0784. The molecule has 1 aliphatic rings. The van der Waals surface area contributed by atoms with Crippen molar-refractivity contribution in [2.75, 3.05) is 37.4 Å². The van der Waals surface area contributed by atoms with E-state index in [0.29, 0.717) is 42.1 Å². The summed E-state index contributed by atoms with van der Waals surface area (Å²) in [5, 5.41) is 11.1. The number of hydrogen-bond acceptors (Lipinski definition) is 6. The number of benzene rings is 2. The highest BCUT2D eigenvalue weighted by Crippen LogP contribution is 2.30. The van der Waals surface area contributed by atoms with Crippen molar-refractivity contribution in [3.63, 3.8) is 0 Å². The first-order valence-corrected chi connectivity index (χ1v) is 12.2. The molecule has 10 heteroatoms. The fourth-order valence-corrected chi connectivity index (χ4v) is 5.51. The number of rotatable bonds is 6. The molecule has 1 aliphatic heterocycles. The molecule has 0 aliphatic carbocycles. The van der Waals surface area contributed by atoms with Crippen LogP contribution in [0.4, 0.5) is 11.4 Å². The van der Waals surface area contributed by atoms with Gasteiger partial charge in [-0.15, -0.1) is 5.10 Å². The molecule has 0 bridgehead atoms.